The van der Waals surface area contributed by atoms with Crippen LogP contribution in [-0.2, 0) is 6.54 Å². The normalized spacial score (nSPS) is 14.6. The van der Waals surface area contributed by atoms with Crippen molar-refractivity contribution in [2.45, 2.75) is 39.2 Å². The summed E-state index contributed by atoms with van der Waals surface area (Å²) in [6.07, 6.45) is 2.15. The van der Waals surface area contributed by atoms with E-state index in [2.05, 4.69) is 57.3 Å². The molecule has 166 valence electrons. The topological polar surface area (TPSA) is 66.1 Å². The summed E-state index contributed by atoms with van der Waals surface area (Å²) in [7, 11) is 3.55. The number of benzene rings is 1. The summed E-state index contributed by atoms with van der Waals surface area (Å²) in [5.41, 5.74) is 2.19. The lowest BCUT2D eigenvalue weighted by molar-refractivity contribution is 0.351. The minimum absolute atomic E-state index is 0. The third kappa shape index (κ3) is 5.80. The van der Waals surface area contributed by atoms with Crippen LogP contribution in [0.1, 0.15) is 44.1 Å². The molecule has 0 amide bonds. The van der Waals surface area contributed by atoms with Gasteiger partial charge in [-0.2, -0.15) is 0 Å². The molecular formula is C22H34IN5O2. The van der Waals surface area contributed by atoms with E-state index in [0.717, 1.165) is 67.9 Å². The van der Waals surface area contributed by atoms with Crippen molar-refractivity contribution < 1.29 is 9.26 Å². The van der Waals surface area contributed by atoms with Crippen molar-refractivity contribution >= 4 is 35.6 Å². The van der Waals surface area contributed by atoms with Crippen molar-refractivity contribution in [3.05, 3.63) is 41.8 Å². The third-order valence-electron chi connectivity index (χ3n) is 5.62. The number of aliphatic imine (C=N–C) groups is 1. The molecule has 30 heavy (non-hydrogen) atoms. The van der Waals surface area contributed by atoms with Crippen LogP contribution in [-0.4, -0.2) is 56.4 Å². The first-order valence-electron chi connectivity index (χ1n) is 10.5. The summed E-state index contributed by atoms with van der Waals surface area (Å²) in [6.45, 7) is 8.60. The fourth-order valence-corrected chi connectivity index (χ4v) is 3.86. The van der Waals surface area contributed by atoms with Crippen molar-refractivity contribution in [2.24, 2.45) is 4.99 Å². The van der Waals surface area contributed by atoms with E-state index >= 15 is 0 Å². The van der Waals surface area contributed by atoms with Gasteiger partial charge >= 0.3 is 0 Å². The van der Waals surface area contributed by atoms with Gasteiger partial charge in [0.1, 0.15) is 5.75 Å². The Morgan fingerprint density at radius 3 is 2.53 bits per heavy atom. The van der Waals surface area contributed by atoms with Gasteiger partial charge in [-0.3, -0.25) is 4.99 Å². The summed E-state index contributed by atoms with van der Waals surface area (Å²) < 4.78 is 11.0. The highest BCUT2D eigenvalue weighted by atomic mass is 127. The molecule has 1 aliphatic rings. The quantitative estimate of drug-likeness (QED) is 0.332. The van der Waals surface area contributed by atoms with Gasteiger partial charge in [0, 0.05) is 45.2 Å². The van der Waals surface area contributed by atoms with Crippen LogP contribution in [0.5, 0.6) is 5.75 Å². The number of hydrogen-bond acceptors (Lipinski definition) is 5. The molecule has 0 atom stereocenters. The van der Waals surface area contributed by atoms with Crippen LogP contribution in [0.3, 0.4) is 0 Å². The van der Waals surface area contributed by atoms with E-state index in [1.54, 1.807) is 7.11 Å². The molecule has 2 heterocycles. The molecule has 1 N–H and O–H groups in total. The molecule has 0 bridgehead atoms. The van der Waals surface area contributed by atoms with Crippen LogP contribution in [0, 0.1) is 0 Å². The summed E-state index contributed by atoms with van der Waals surface area (Å²) >= 11 is 0. The molecule has 0 unspecified atom stereocenters. The van der Waals surface area contributed by atoms with Crippen LogP contribution in [0.15, 0.2) is 39.8 Å². The largest absolute Gasteiger partial charge is 0.495 e. The Bertz CT molecular complexity index is 798. The summed E-state index contributed by atoms with van der Waals surface area (Å²) in [6, 6.07) is 10.2. The Morgan fingerprint density at radius 1 is 1.20 bits per heavy atom. The summed E-state index contributed by atoms with van der Waals surface area (Å²) in [4.78, 5) is 9.10. The molecule has 0 aliphatic carbocycles. The highest BCUT2D eigenvalue weighted by Gasteiger charge is 2.22. The number of guanidine groups is 1. The first kappa shape index (κ1) is 24.3. The molecule has 8 heteroatoms. The third-order valence-corrected chi connectivity index (χ3v) is 5.62. The van der Waals surface area contributed by atoms with Crippen LogP contribution in [0.25, 0.3) is 0 Å². The zero-order chi connectivity index (χ0) is 20.6. The molecule has 0 saturated carbocycles. The number of aromatic nitrogens is 1. The van der Waals surface area contributed by atoms with Crippen LogP contribution in [0.4, 0.5) is 5.69 Å². The smallest absolute Gasteiger partial charge is 0.194 e. The average Bonchev–Trinajstić information content (AvgIpc) is 3.24. The second-order valence-corrected chi connectivity index (χ2v) is 7.28. The van der Waals surface area contributed by atoms with Gasteiger partial charge in [0.25, 0.3) is 0 Å². The molecule has 1 aliphatic heterocycles. The van der Waals surface area contributed by atoms with Crippen molar-refractivity contribution in [2.75, 3.05) is 45.2 Å². The second kappa shape index (κ2) is 12.0. The Morgan fingerprint density at radius 2 is 1.90 bits per heavy atom. The number of anilines is 1. The molecule has 7 nitrogen and oxygen atoms in total. The van der Waals surface area contributed by atoms with Crippen molar-refractivity contribution in [1.82, 2.24) is 15.4 Å². The number of piperazine rings is 1. The Hall–Kier alpha value is -1.97. The van der Waals surface area contributed by atoms with Gasteiger partial charge in [-0.05, 0) is 25.0 Å². The van der Waals surface area contributed by atoms with E-state index in [4.69, 9.17) is 9.26 Å². The fourth-order valence-electron chi connectivity index (χ4n) is 3.86. The van der Waals surface area contributed by atoms with Gasteiger partial charge in [-0.1, -0.05) is 31.1 Å². The highest BCUT2D eigenvalue weighted by molar-refractivity contribution is 14.0. The minimum atomic E-state index is 0. The number of nitrogens with zero attached hydrogens (tertiary/aromatic N) is 4. The van der Waals surface area contributed by atoms with Gasteiger partial charge in [-0.25, -0.2) is 0 Å². The number of halogens is 1. The van der Waals surface area contributed by atoms with Crippen molar-refractivity contribution in [1.29, 1.82) is 0 Å². The summed E-state index contributed by atoms with van der Waals surface area (Å²) in [5, 5.41) is 7.67. The molecule has 1 aromatic heterocycles. The Balaban J connectivity index is 0.00000320. The molecule has 1 aromatic carbocycles. The number of rotatable bonds is 7. The monoisotopic (exact) mass is 527 g/mol. The van der Waals surface area contributed by atoms with Crippen LogP contribution >= 0.6 is 24.0 Å². The maximum Gasteiger partial charge on any atom is 0.194 e. The Kier molecular flexibility index (Phi) is 9.74. The van der Waals surface area contributed by atoms with E-state index in [1.807, 2.05) is 19.2 Å². The molecular weight excluding hydrogens is 493 g/mol. The highest BCUT2D eigenvalue weighted by Crippen LogP contribution is 2.28. The number of ether oxygens (including phenoxy) is 1. The molecule has 0 spiro atoms. The SMILES string of the molecule is CCC(CC)c1cc(CNC(=NC)N2CCN(c3ccccc3OC)CC2)on1.I. The molecule has 3 rings (SSSR count). The summed E-state index contributed by atoms with van der Waals surface area (Å²) in [5.74, 6) is 3.13. The predicted molar refractivity (Wildman–Crippen MR) is 132 cm³/mol. The predicted octanol–water partition coefficient (Wildman–Crippen LogP) is 4.10. The second-order valence-electron chi connectivity index (χ2n) is 7.28. The molecule has 1 saturated heterocycles. The number of hydrogen-bond donors (Lipinski definition) is 1. The van der Waals surface area contributed by atoms with E-state index in [9.17, 15) is 0 Å². The zero-order valence-corrected chi connectivity index (χ0v) is 20.8. The van der Waals surface area contributed by atoms with Gasteiger partial charge in [-0.15, -0.1) is 24.0 Å². The van der Waals surface area contributed by atoms with E-state index in [1.165, 1.54) is 0 Å². The number of methoxy groups -OCH3 is 1. The van der Waals surface area contributed by atoms with Crippen LogP contribution < -0.4 is 15.0 Å². The number of para-hydroxylation sites is 2. The maximum absolute atomic E-state index is 5.52. The van der Waals surface area contributed by atoms with Gasteiger partial charge in [0.15, 0.2) is 11.7 Å². The molecule has 0 radical (unpaired) electrons. The Labute approximate surface area is 196 Å². The van der Waals surface area contributed by atoms with Crippen molar-refractivity contribution in [3.8, 4) is 5.75 Å². The van der Waals surface area contributed by atoms with Crippen LogP contribution in [0.2, 0.25) is 0 Å². The molecule has 2 aromatic rings. The number of nitrogens with one attached hydrogen (secondary N) is 1. The lowest BCUT2D eigenvalue weighted by Gasteiger charge is -2.38. The lowest BCUT2D eigenvalue weighted by Crippen LogP contribution is -2.52. The average molecular weight is 527 g/mol. The van der Waals surface area contributed by atoms with Gasteiger partial charge < -0.3 is 24.4 Å². The van der Waals surface area contributed by atoms with Gasteiger partial charge in [0.05, 0.1) is 25.0 Å². The molecule has 1 fully saturated rings. The fraction of sp³-hybridized carbons (Fsp3) is 0.545. The standard InChI is InChI=1S/C22H33N5O2.HI/c1-5-17(6-2)19-15-18(29-25-19)16-24-22(23-3)27-13-11-26(12-14-27)20-9-7-8-10-21(20)28-4;/h7-10,15,17H,5-6,11-14,16H2,1-4H3,(H,23,24);1H. The maximum atomic E-state index is 5.52. The minimum Gasteiger partial charge on any atom is -0.495 e. The van der Waals surface area contributed by atoms with E-state index < -0.39 is 0 Å². The first-order chi connectivity index (χ1) is 14.2. The first-order valence-corrected chi connectivity index (χ1v) is 10.5. The van der Waals surface area contributed by atoms with E-state index in [-0.39, 0.29) is 24.0 Å². The van der Waals surface area contributed by atoms with Gasteiger partial charge in [0.2, 0.25) is 0 Å². The van der Waals surface area contributed by atoms with Crippen molar-refractivity contribution in [3.63, 3.8) is 0 Å². The zero-order valence-electron chi connectivity index (χ0n) is 18.4. The van der Waals surface area contributed by atoms with E-state index in [0.29, 0.717) is 12.5 Å². The lowest BCUT2D eigenvalue weighted by atomic mass is 9.99.